The molecule has 3 aromatic rings. The topological polar surface area (TPSA) is 32.3 Å². The minimum Gasteiger partial charge on any atom is -0.325 e. The van der Waals surface area contributed by atoms with Crippen molar-refractivity contribution in [3.05, 3.63) is 78.4 Å². The second-order valence-electron chi connectivity index (χ2n) is 6.61. The number of hydrogen-bond donors (Lipinski definition) is 1. The van der Waals surface area contributed by atoms with E-state index in [4.69, 9.17) is 0 Å². The lowest BCUT2D eigenvalue weighted by Gasteiger charge is -2.25. The number of rotatable bonds is 4. The molecule has 3 aromatic carbocycles. The van der Waals surface area contributed by atoms with Crippen LogP contribution in [0.3, 0.4) is 0 Å². The molecule has 25 heavy (non-hydrogen) atoms. The van der Waals surface area contributed by atoms with Crippen molar-refractivity contribution >= 4 is 22.4 Å². The third-order valence-electron chi connectivity index (χ3n) is 4.95. The van der Waals surface area contributed by atoms with E-state index >= 15 is 0 Å². The van der Waals surface area contributed by atoms with Crippen LogP contribution in [0.25, 0.3) is 10.8 Å². The van der Waals surface area contributed by atoms with Crippen LogP contribution in [0, 0.1) is 0 Å². The number of carbonyl (C=O) groups excluding carboxylic acids is 1. The van der Waals surface area contributed by atoms with Crippen LogP contribution in [-0.4, -0.2) is 23.9 Å². The maximum atomic E-state index is 12.5. The summed E-state index contributed by atoms with van der Waals surface area (Å²) in [4.78, 5) is 14.8. The van der Waals surface area contributed by atoms with Gasteiger partial charge in [-0.2, -0.15) is 0 Å². The number of likely N-dealkylation sites (tertiary alicyclic amines) is 1. The summed E-state index contributed by atoms with van der Waals surface area (Å²) in [6.07, 6.45) is 2.24. The summed E-state index contributed by atoms with van der Waals surface area (Å²) in [6.45, 7) is 1.40. The van der Waals surface area contributed by atoms with Crippen molar-refractivity contribution in [2.45, 2.75) is 18.9 Å². The quantitative estimate of drug-likeness (QED) is 0.757. The fourth-order valence-corrected chi connectivity index (χ4v) is 3.82. The molecule has 0 bridgehead atoms. The zero-order valence-corrected chi connectivity index (χ0v) is 14.2. The first-order valence-electron chi connectivity index (χ1n) is 8.88. The Labute approximate surface area is 148 Å². The van der Waals surface area contributed by atoms with Crippen molar-refractivity contribution in [3.63, 3.8) is 0 Å². The van der Waals surface area contributed by atoms with E-state index in [0.717, 1.165) is 25.1 Å². The van der Waals surface area contributed by atoms with Gasteiger partial charge in [0.2, 0.25) is 5.91 Å². The molecule has 1 heterocycles. The fraction of sp³-hybridized carbons (Fsp3) is 0.227. The van der Waals surface area contributed by atoms with E-state index < -0.39 is 0 Å². The molecule has 3 heteroatoms. The Hall–Kier alpha value is -2.65. The van der Waals surface area contributed by atoms with Crippen LogP contribution in [-0.2, 0) is 4.79 Å². The van der Waals surface area contributed by atoms with Gasteiger partial charge in [-0.25, -0.2) is 0 Å². The van der Waals surface area contributed by atoms with Crippen molar-refractivity contribution < 1.29 is 4.79 Å². The average Bonchev–Trinajstić information content (AvgIpc) is 3.09. The molecule has 3 nitrogen and oxygen atoms in total. The summed E-state index contributed by atoms with van der Waals surface area (Å²) in [7, 11) is 0. The highest BCUT2D eigenvalue weighted by molar-refractivity contribution is 5.92. The van der Waals surface area contributed by atoms with Crippen molar-refractivity contribution in [3.8, 4) is 0 Å². The number of anilines is 1. The molecule has 126 valence electrons. The summed E-state index contributed by atoms with van der Waals surface area (Å²) in [5.41, 5.74) is 2.19. The van der Waals surface area contributed by atoms with Crippen LogP contribution in [0.4, 0.5) is 5.69 Å². The lowest BCUT2D eigenvalue weighted by Crippen LogP contribution is -2.33. The van der Waals surface area contributed by atoms with E-state index in [1.165, 1.54) is 16.3 Å². The molecule has 1 unspecified atom stereocenters. The molecule has 1 fully saturated rings. The number of benzene rings is 3. The van der Waals surface area contributed by atoms with E-state index in [1.807, 2.05) is 30.3 Å². The number of amides is 1. The largest absolute Gasteiger partial charge is 0.325 e. The van der Waals surface area contributed by atoms with Gasteiger partial charge in [0.15, 0.2) is 0 Å². The maximum absolute atomic E-state index is 12.5. The van der Waals surface area contributed by atoms with Gasteiger partial charge in [-0.1, -0.05) is 60.7 Å². The van der Waals surface area contributed by atoms with E-state index in [0.29, 0.717) is 12.6 Å². The van der Waals surface area contributed by atoms with Crippen LogP contribution in [0.15, 0.2) is 72.8 Å². The van der Waals surface area contributed by atoms with Gasteiger partial charge in [0, 0.05) is 11.7 Å². The highest BCUT2D eigenvalue weighted by Gasteiger charge is 2.28. The molecule has 4 rings (SSSR count). The number of nitrogens with one attached hydrogen (secondary N) is 1. The smallest absolute Gasteiger partial charge is 0.238 e. The molecule has 1 amide bonds. The second-order valence-corrected chi connectivity index (χ2v) is 6.61. The molecule has 0 aliphatic carbocycles. The first-order valence-corrected chi connectivity index (χ1v) is 8.88. The summed E-state index contributed by atoms with van der Waals surface area (Å²) in [6, 6.07) is 25.0. The Kier molecular flexibility index (Phi) is 4.49. The molecule has 1 N–H and O–H groups in total. The third kappa shape index (κ3) is 3.42. The predicted molar refractivity (Wildman–Crippen MR) is 103 cm³/mol. The summed E-state index contributed by atoms with van der Waals surface area (Å²) < 4.78 is 0. The zero-order valence-electron chi connectivity index (χ0n) is 14.2. The molecule has 0 spiro atoms. The highest BCUT2D eigenvalue weighted by Crippen LogP contribution is 2.35. The molecular formula is C22H22N2O. The standard InChI is InChI=1S/C22H22N2O/c25-22(23-18-10-2-1-3-11-18)16-24-15-7-14-21(24)20-13-6-9-17-8-4-5-12-19(17)20/h1-6,8-13,21H,7,14-16H2,(H,23,25). The number of hydrogen-bond acceptors (Lipinski definition) is 2. The normalized spacial score (nSPS) is 17.7. The van der Waals surface area contributed by atoms with Gasteiger partial charge in [-0.05, 0) is 47.9 Å². The Morgan fingerprint density at radius 1 is 0.960 bits per heavy atom. The van der Waals surface area contributed by atoms with Gasteiger partial charge in [-0.3, -0.25) is 9.69 Å². The summed E-state index contributed by atoms with van der Waals surface area (Å²) in [5.74, 6) is 0.0540. The van der Waals surface area contributed by atoms with Crippen LogP contribution in [0.1, 0.15) is 24.4 Å². The van der Waals surface area contributed by atoms with Crippen LogP contribution >= 0.6 is 0 Å². The van der Waals surface area contributed by atoms with Gasteiger partial charge in [0.05, 0.1) is 6.54 Å². The lowest BCUT2D eigenvalue weighted by molar-refractivity contribution is -0.117. The van der Waals surface area contributed by atoms with E-state index in [9.17, 15) is 4.79 Å². The molecular weight excluding hydrogens is 308 g/mol. The number of nitrogens with zero attached hydrogens (tertiary/aromatic N) is 1. The zero-order chi connectivity index (χ0) is 17.1. The van der Waals surface area contributed by atoms with E-state index in [2.05, 4.69) is 52.7 Å². The van der Waals surface area contributed by atoms with Crippen molar-refractivity contribution in [1.82, 2.24) is 4.90 Å². The SMILES string of the molecule is O=C(CN1CCCC1c1cccc2ccccc12)Nc1ccccc1. The average molecular weight is 330 g/mol. The van der Waals surface area contributed by atoms with Crippen LogP contribution < -0.4 is 5.32 Å². The number of para-hydroxylation sites is 1. The van der Waals surface area contributed by atoms with E-state index in [-0.39, 0.29) is 5.91 Å². The number of carbonyl (C=O) groups is 1. The first-order chi connectivity index (χ1) is 12.3. The van der Waals surface area contributed by atoms with Gasteiger partial charge < -0.3 is 5.32 Å². The molecule has 0 saturated carbocycles. The van der Waals surface area contributed by atoms with Crippen molar-refractivity contribution in [2.24, 2.45) is 0 Å². The summed E-state index contributed by atoms with van der Waals surface area (Å²) in [5, 5.41) is 5.56. The summed E-state index contributed by atoms with van der Waals surface area (Å²) >= 11 is 0. The molecule has 1 aliphatic heterocycles. The minimum absolute atomic E-state index is 0.0540. The van der Waals surface area contributed by atoms with E-state index in [1.54, 1.807) is 0 Å². The number of fused-ring (bicyclic) bond motifs is 1. The fourth-order valence-electron chi connectivity index (χ4n) is 3.82. The minimum atomic E-state index is 0.0540. The Balaban J connectivity index is 1.53. The monoisotopic (exact) mass is 330 g/mol. The third-order valence-corrected chi connectivity index (χ3v) is 4.95. The Bertz CT molecular complexity index is 870. The Morgan fingerprint density at radius 3 is 2.60 bits per heavy atom. The van der Waals surface area contributed by atoms with Gasteiger partial charge >= 0.3 is 0 Å². The second kappa shape index (κ2) is 7.08. The molecule has 1 atom stereocenters. The van der Waals surface area contributed by atoms with Crippen LogP contribution in [0.2, 0.25) is 0 Å². The lowest BCUT2D eigenvalue weighted by atomic mass is 9.97. The molecule has 0 radical (unpaired) electrons. The van der Waals surface area contributed by atoms with Crippen LogP contribution in [0.5, 0.6) is 0 Å². The molecule has 1 aliphatic rings. The first kappa shape index (κ1) is 15.9. The van der Waals surface area contributed by atoms with Gasteiger partial charge in [-0.15, -0.1) is 0 Å². The molecule has 1 saturated heterocycles. The predicted octanol–water partition coefficient (Wildman–Crippen LogP) is 4.62. The molecule has 0 aromatic heterocycles. The maximum Gasteiger partial charge on any atom is 0.238 e. The van der Waals surface area contributed by atoms with Crippen molar-refractivity contribution in [1.29, 1.82) is 0 Å². The van der Waals surface area contributed by atoms with Crippen molar-refractivity contribution in [2.75, 3.05) is 18.4 Å². The Morgan fingerprint density at radius 2 is 1.72 bits per heavy atom. The van der Waals surface area contributed by atoms with Gasteiger partial charge in [0.1, 0.15) is 0 Å². The van der Waals surface area contributed by atoms with Gasteiger partial charge in [0.25, 0.3) is 0 Å². The highest BCUT2D eigenvalue weighted by atomic mass is 16.2.